The number of fused-ring (bicyclic) bond motifs is 4. The van der Waals surface area contributed by atoms with E-state index in [4.69, 9.17) is 33.0 Å². The zero-order chi connectivity index (χ0) is 39.7. The molecule has 0 radical (unpaired) electrons. The number of likely N-dealkylation sites (N-methyl/N-ethyl adjacent to an activating group) is 1. The summed E-state index contributed by atoms with van der Waals surface area (Å²) in [6.45, 7) is 12.8. The fourth-order valence-electron chi connectivity index (χ4n) is 9.15. The molecule has 2 aliphatic heterocycles. The molecule has 12 heteroatoms. The highest BCUT2D eigenvalue weighted by molar-refractivity contribution is 6.35. The number of carboxylic acid groups (broad SMARTS) is 1. The van der Waals surface area contributed by atoms with Crippen LogP contribution in [0.2, 0.25) is 10.0 Å². The van der Waals surface area contributed by atoms with Gasteiger partial charge < -0.3 is 28.8 Å². The molecular weight excluding hydrogens is 747 g/mol. The summed E-state index contributed by atoms with van der Waals surface area (Å²) in [5.41, 5.74) is 9.93. The number of anilines is 1. The molecule has 6 aromatic rings. The molecule has 3 aromatic heterocycles. The van der Waals surface area contributed by atoms with Crippen molar-refractivity contribution < 1.29 is 19.4 Å². The van der Waals surface area contributed by atoms with E-state index in [0.717, 1.165) is 103 Å². The summed E-state index contributed by atoms with van der Waals surface area (Å²) < 4.78 is 12.5. The predicted molar refractivity (Wildman–Crippen MR) is 224 cm³/mol. The van der Waals surface area contributed by atoms with Crippen molar-refractivity contribution in [3.05, 3.63) is 98.0 Å². The van der Waals surface area contributed by atoms with Gasteiger partial charge >= 0.3 is 5.97 Å². The number of halogens is 2. The maximum atomic E-state index is 15.3. The fourth-order valence-corrected chi connectivity index (χ4v) is 9.51. The van der Waals surface area contributed by atoms with Crippen molar-refractivity contribution in [1.29, 1.82) is 0 Å². The smallest absolute Gasteiger partial charge is 0.335 e. The maximum Gasteiger partial charge on any atom is 0.335 e. The number of rotatable bonds is 10. The monoisotopic (exact) mass is 794 g/mol. The average Bonchev–Trinajstić information content (AvgIpc) is 3.89. The molecule has 3 aromatic carbocycles. The minimum absolute atomic E-state index is 0.126. The van der Waals surface area contributed by atoms with Gasteiger partial charge in [0.15, 0.2) is 0 Å². The Hall–Kier alpha value is -4.77. The summed E-state index contributed by atoms with van der Waals surface area (Å²) in [5.74, 6) is -0.362. The molecule has 10 nitrogen and oxygen atoms in total. The van der Waals surface area contributed by atoms with Crippen molar-refractivity contribution >= 4 is 62.6 Å². The highest BCUT2D eigenvalue weighted by Crippen LogP contribution is 2.46. The van der Waals surface area contributed by atoms with Crippen LogP contribution in [-0.2, 0) is 20.0 Å². The standard InChI is InChI=1S/C44H48Cl2N6O4/c1-24-18-31(19-25(2)40(24)46)56-17-9-11-32-33-13-14-35(45)39(38-27(4)47-49(7)28(38)5)41(33)52-26(3)21-51(43(53)42(32)52)37-23-50(22-30-10-8-16-48(30)6)36-15-12-29(44(54)55)20-34(36)37/h12-15,18-20,23,26,30H,8-11,16-17,21-22H2,1-7H3,(H,54,55)/t26-,30+/m1/s1. The zero-order valence-electron chi connectivity index (χ0n) is 33.0. The number of ether oxygens (including phenoxy) is 1. The van der Waals surface area contributed by atoms with E-state index in [0.29, 0.717) is 42.8 Å². The van der Waals surface area contributed by atoms with Crippen molar-refractivity contribution in [3.63, 3.8) is 0 Å². The highest BCUT2D eigenvalue weighted by atomic mass is 35.5. The molecule has 0 spiro atoms. The Morgan fingerprint density at radius 1 is 1.00 bits per heavy atom. The van der Waals surface area contributed by atoms with Crippen LogP contribution in [0.15, 0.2) is 48.7 Å². The van der Waals surface area contributed by atoms with Gasteiger partial charge in [-0.15, -0.1) is 0 Å². The molecule has 8 rings (SSSR count). The Balaban J connectivity index is 1.26. The zero-order valence-corrected chi connectivity index (χ0v) is 34.6. The summed E-state index contributed by atoms with van der Waals surface area (Å²) in [7, 11) is 4.09. The molecule has 1 fully saturated rings. The summed E-state index contributed by atoms with van der Waals surface area (Å²) in [5, 5.41) is 17.8. The molecule has 0 saturated carbocycles. The van der Waals surface area contributed by atoms with Gasteiger partial charge in [0.1, 0.15) is 11.4 Å². The van der Waals surface area contributed by atoms with Gasteiger partial charge in [0.2, 0.25) is 0 Å². The summed E-state index contributed by atoms with van der Waals surface area (Å²) in [4.78, 5) is 31.8. The highest BCUT2D eigenvalue weighted by Gasteiger charge is 2.38. The first kappa shape index (κ1) is 38.1. The summed E-state index contributed by atoms with van der Waals surface area (Å²) in [6.07, 6.45) is 5.53. The number of carbonyl (C=O) groups excluding carboxylic acids is 1. The number of aromatic carboxylic acids is 1. The van der Waals surface area contributed by atoms with Crippen LogP contribution in [0.4, 0.5) is 5.69 Å². The van der Waals surface area contributed by atoms with Crippen molar-refractivity contribution in [2.45, 2.75) is 78.9 Å². The molecule has 2 aliphatic rings. The van der Waals surface area contributed by atoms with Crippen molar-refractivity contribution in [1.82, 2.24) is 23.8 Å². The van der Waals surface area contributed by atoms with E-state index in [9.17, 15) is 9.90 Å². The SMILES string of the molecule is Cc1cc(OCCCc2c3n(c4c(-c5c(C)nn(C)c5C)c(Cl)ccc24)[C@H](C)CN(c2cn(C[C@@H]4CCCN4C)c4ccc(C(=O)O)cc24)C3=O)cc(C)c1Cl. The second-order valence-electron chi connectivity index (χ2n) is 15.8. The number of hydrogen-bond acceptors (Lipinski definition) is 5. The third kappa shape index (κ3) is 6.36. The summed E-state index contributed by atoms with van der Waals surface area (Å²) >= 11 is 13.6. The maximum absolute atomic E-state index is 15.3. The average molecular weight is 796 g/mol. The molecule has 1 amide bonds. The number of carboxylic acids is 1. The number of hydrogen-bond donors (Lipinski definition) is 1. The Bertz CT molecular complexity index is 2540. The molecule has 56 heavy (non-hydrogen) atoms. The topological polar surface area (TPSA) is 97.8 Å². The van der Waals surface area contributed by atoms with Gasteiger partial charge in [0.25, 0.3) is 5.91 Å². The van der Waals surface area contributed by atoms with Crippen LogP contribution < -0.4 is 9.64 Å². The van der Waals surface area contributed by atoms with E-state index in [1.165, 1.54) is 0 Å². The molecule has 5 heterocycles. The van der Waals surface area contributed by atoms with Gasteiger partial charge in [-0.1, -0.05) is 29.3 Å². The Morgan fingerprint density at radius 3 is 2.41 bits per heavy atom. The van der Waals surface area contributed by atoms with Gasteiger partial charge in [-0.3, -0.25) is 9.48 Å². The van der Waals surface area contributed by atoms with Gasteiger partial charge in [-0.05, 0) is 127 Å². The number of carbonyl (C=O) groups is 2. The largest absolute Gasteiger partial charge is 0.494 e. The second-order valence-corrected chi connectivity index (χ2v) is 16.5. The Labute approximate surface area is 337 Å². The lowest BCUT2D eigenvalue weighted by molar-refractivity contribution is 0.0696. The molecule has 1 saturated heterocycles. The third-order valence-electron chi connectivity index (χ3n) is 12.0. The van der Waals surface area contributed by atoms with Gasteiger partial charge in [-0.25, -0.2) is 4.79 Å². The number of aryl methyl sites for hydroxylation is 5. The number of nitrogens with zero attached hydrogens (tertiary/aromatic N) is 6. The quantitative estimate of drug-likeness (QED) is 0.139. The van der Waals surface area contributed by atoms with Crippen LogP contribution in [0.25, 0.3) is 32.9 Å². The molecule has 0 bridgehead atoms. The van der Waals surface area contributed by atoms with Crippen LogP contribution >= 0.6 is 23.2 Å². The van der Waals surface area contributed by atoms with E-state index in [1.54, 1.807) is 12.1 Å². The fraction of sp³-hybridized carbons (Fsp3) is 0.386. The van der Waals surface area contributed by atoms with Gasteiger partial charge in [-0.2, -0.15) is 5.10 Å². The molecule has 0 aliphatic carbocycles. The molecule has 0 unspecified atom stereocenters. The Morgan fingerprint density at radius 2 is 1.75 bits per heavy atom. The number of amides is 1. The number of benzene rings is 3. The first-order valence-electron chi connectivity index (χ1n) is 19.4. The van der Waals surface area contributed by atoms with Crippen LogP contribution in [0, 0.1) is 27.7 Å². The van der Waals surface area contributed by atoms with E-state index in [1.807, 2.05) is 74.7 Å². The van der Waals surface area contributed by atoms with E-state index < -0.39 is 5.97 Å². The molecule has 1 N–H and O–H groups in total. The van der Waals surface area contributed by atoms with Crippen molar-refractivity contribution in [2.75, 3.05) is 31.6 Å². The van der Waals surface area contributed by atoms with Crippen LogP contribution in [-0.4, -0.2) is 73.6 Å². The lowest BCUT2D eigenvalue weighted by Crippen LogP contribution is -2.42. The number of likely N-dealkylation sites (tertiary alicyclic amines) is 1. The van der Waals surface area contributed by atoms with E-state index >= 15 is 4.79 Å². The third-order valence-corrected chi connectivity index (χ3v) is 13.0. The molecule has 292 valence electrons. The predicted octanol–water partition coefficient (Wildman–Crippen LogP) is 9.56. The molecular formula is C44H48Cl2N6O4. The number of aromatic nitrogens is 4. The van der Waals surface area contributed by atoms with Crippen LogP contribution in [0.5, 0.6) is 5.75 Å². The molecule has 2 atom stereocenters. The lowest BCUT2D eigenvalue weighted by Gasteiger charge is -2.34. The van der Waals surface area contributed by atoms with Crippen LogP contribution in [0.1, 0.15) is 81.2 Å². The first-order valence-corrected chi connectivity index (χ1v) is 20.1. The summed E-state index contributed by atoms with van der Waals surface area (Å²) in [6, 6.07) is 13.4. The second kappa shape index (κ2) is 14.6. The minimum Gasteiger partial charge on any atom is -0.494 e. The van der Waals surface area contributed by atoms with Gasteiger partial charge in [0, 0.05) is 71.0 Å². The normalized spacial score (nSPS) is 17.4. The van der Waals surface area contributed by atoms with Crippen molar-refractivity contribution in [2.24, 2.45) is 7.05 Å². The first-order chi connectivity index (χ1) is 26.7. The van der Waals surface area contributed by atoms with Crippen LogP contribution in [0.3, 0.4) is 0 Å². The lowest BCUT2D eigenvalue weighted by atomic mass is 9.98. The minimum atomic E-state index is -1.00. The van der Waals surface area contributed by atoms with Crippen molar-refractivity contribution in [3.8, 4) is 16.9 Å². The van der Waals surface area contributed by atoms with E-state index in [2.05, 4.69) is 34.2 Å². The van der Waals surface area contributed by atoms with Gasteiger partial charge in [0.05, 0.1) is 39.6 Å². The van der Waals surface area contributed by atoms with E-state index in [-0.39, 0.29) is 17.5 Å². The Kier molecular flexibility index (Phi) is 9.96.